The van der Waals surface area contributed by atoms with E-state index in [2.05, 4.69) is 4.90 Å². The Morgan fingerprint density at radius 3 is 2.18 bits per heavy atom. The van der Waals surface area contributed by atoms with Crippen LogP contribution in [0.15, 0.2) is 53.4 Å². The number of hydrogen-bond donors (Lipinski definition) is 0. The maximum atomic E-state index is 12.8. The Bertz CT molecular complexity index is 992. The Hall–Kier alpha value is -1.91. The normalized spacial score (nSPS) is 15.3. The molecule has 1 aliphatic heterocycles. The van der Waals surface area contributed by atoms with Crippen molar-refractivity contribution in [3.05, 3.63) is 54.1 Å². The van der Waals surface area contributed by atoms with Crippen molar-refractivity contribution >= 4 is 27.5 Å². The van der Waals surface area contributed by atoms with Crippen LogP contribution in [0.3, 0.4) is 0 Å². The van der Waals surface area contributed by atoms with Crippen molar-refractivity contribution in [2.45, 2.75) is 36.8 Å². The van der Waals surface area contributed by atoms with E-state index in [-0.39, 0.29) is 4.90 Å². The summed E-state index contributed by atoms with van der Waals surface area (Å²) in [6, 6.07) is 10.1. The zero-order valence-electron chi connectivity index (χ0n) is 19.3. The topological polar surface area (TPSA) is 49.9 Å². The van der Waals surface area contributed by atoms with Crippen LogP contribution in [-0.2, 0) is 16.2 Å². The number of thioether (sulfide) groups is 1. The largest absolute Gasteiger partial charge is 0.494 e. The van der Waals surface area contributed by atoms with E-state index < -0.39 is 21.8 Å². The van der Waals surface area contributed by atoms with E-state index in [4.69, 9.17) is 4.74 Å². The number of ether oxygens (including phenoxy) is 1. The van der Waals surface area contributed by atoms with Gasteiger partial charge in [0.1, 0.15) is 5.75 Å². The first kappa shape index (κ1) is 26.7. The summed E-state index contributed by atoms with van der Waals surface area (Å²) < 4.78 is 70.6. The second-order valence-electron chi connectivity index (χ2n) is 8.21. The molecule has 0 unspecified atom stereocenters. The van der Waals surface area contributed by atoms with E-state index in [1.165, 1.54) is 51.0 Å². The predicted octanol–water partition coefficient (Wildman–Crippen LogP) is 5.52. The number of hydrogen-bond acceptors (Lipinski definition) is 5. The molecule has 0 radical (unpaired) electrons. The van der Waals surface area contributed by atoms with E-state index in [9.17, 15) is 21.6 Å². The molecule has 0 saturated carbocycles. The summed E-state index contributed by atoms with van der Waals surface area (Å²) >= 11 is 2.03. The maximum absolute atomic E-state index is 12.8. The first-order valence-corrected chi connectivity index (χ1v) is 14.0. The first-order valence-electron chi connectivity index (χ1n) is 11.4. The van der Waals surface area contributed by atoms with Gasteiger partial charge in [-0.05, 0) is 67.9 Å². The van der Waals surface area contributed by atoms with Crippen LogP contribution in [0.2, 0.25) is 0 Å². The Morgan fingerprint density at radius 1 is 0.941 bits per heavy atom. The van der Waals surface area contributed by atoms with Gasteiger partial charge in [-0.25, -0.2) is 8.42 Å². The molecule has 2 aromatic carbocycles. The molecule has 0 amide bonds. The van der Waals surface area contributed by atoms with Gasteiger partial charge in [-0.2, -0.15) is 24.9 Å². The summed E-state index contributed by atoms with van der Waals surface area (Å²) in [6.45, 7) is 4.17. The number of unbranched alkanes of at least 4 members (excludes halogenated alkanes) is 3. The van der Waals surface area contributed by atoms with Crippen LogP contribution >= 0.6 is 11.8 Å². The van der Waals surface area contributed by atoms with Crippen molar-refractivity contribution in [1.82, 2.24) is 4.90 Å². The SMILES string of the molecule is CN(c1ccc(OCCCCCCN2CCSCC2)cc1)S(=O)(=O)c1ccc(C(F)(F)F)cc1. The summed E-state index contributed by atoms with van der Waals surface area (Å²) in [7, 11) is -2.62. The molecule has 0 aromatic heterocycles. The molecule has 34 heavy (non-hydrogen) atoms. The Balaban J connectivity index is 1.43. The molecule has 188 valence electrons. The van der Waals surface area contributed by atoms with Crippen molar-refractivity contribution in [1.29, 1.82) is 0 Å². The van der Waals surface area contributed by atoms with Gasteiger partial charge in [0.05, 0.1) is 22.8 Å². The highest BCUT2D eigenvalue weighted by Gasteiger charge is 2.31. The molecule has 0 aliphatic carbocycles. The van der Waals surface area contributed by atoms with Gasteiger partial charge in [-0.15, -0.1) is 0 Å². The van der Waals surface area contributed by atoms with Crippen LogP contribution in [0, 0.1) is 0 Å². The lowest BCUT2D eigenvalue weighted by molar-refractivity contribution is -0.137. The summed E-state index contributed by atoms with van der Waals surface area (Å²) in [4.78, 5) is 2.33. The van der Waals surface area contributed by atoms with Gasteiger partial charge in [0.15, 0.2) is 0 Å². The van der Waals surface area contributed by atoms with Crippen LogP contribution in [0.25, 0.3) is 0 Å². The Labute approximate surface area is 204 Å². The molecular weight excluding hydrogens is 485 g/mol. The average Bonchev–Trinajstić information content (AvgIpc) is 2.83. The van der Waals surface area contributed by atoms with E-state index in [0.29, 0.717) is 18.0 Å². The predicted molar refractivity (Wildman–Crippen MR) is 131 cm³/mol. The van der Waals surface area contributed by atoms with Crippen molar-refractivity contribution in [3.8, 4) is 5.75 Å². The highest BCUT2D eigenvalue weighted by molar-refractivity contribution is 7.99. The summed E-state index contributed by atoms with van der Waals surface area (Å²) in [5, 5.41) is 0. The molecular formula is C24H31F3N2O3S2. The van der Waals surface area contributed by atoms with Crippen LogP contribution in [-0.4, -0.2) is 58.1 Å². The number of anilines is 1. The van der Waals surface area contributed by atoms with Crippen LogP contribution in [0.5, 0.6) is 5.75 Å². The van der Waals surface area contributed by atoms with Crippen LogP contribution in [0.1, 0.15) is 31.2 Å². The highest BCUT2D eigenvalue weighted by atomic mass is 32.2. The fraction of sp³-hybridized carbons (Fsp3) is 0.500. The first-order chi connectivity index (χ1) is 16.2. The van der Waals surface area contributed by atoms with Crippen LogP contribution < -0.4 is 9.04 Å². The summed E-state index contributed by atoms with van der Waals surface area (Å²) in [5.74, 6) is 3.13. The zero-order chi connectivity index (χ0) is 24.6. The lowest BCUT2D eigenvalue weighted by atomic mass is 10.2. The molecule has 2 aromatic rings. The molecule has 10 heteroatoms. The second-order valence-corrected chi connectivity index (χ2v) is 11.4. The molecule has 5 nitrogen and oxygen atoms in total. The minimum Gasteiger partial charge on any atom is -0.494 e. The maximum Gasteiger partial charge on any atom is 0.416 e. The fourth-order valence-corrected chi connectivity index (χ4v) is 5.85. The zero-order valence-corrected chi connectivity index (χ0v) is 20.9. The van der Waals surface area contributed by atoms with Crippen LogP contribution in [0.4, 0.5) is 18.9 Å². The number of nitrogens with zero attached hydrogens (tertiary/aromatic N) is 2. The van der Waals surface area contributed by atoms with Crippen molar-refractivity contribution in [3.63, 3.8) is 0 Å². The monoisotopic (exact) mass is 516 g/mol. The molecule has 1 heterocycles. The molecule has 0 bridgehead atoms. The second kappa shape index (κ2) is 12.2. The number of sulfonamides is 1. The van der Waals surface area contributed by atoms with E-state index in [1.807, 2.05) is 11.8 Å². The minimum atomic E-state index is -4.52. The quantitative estimate of drug-likeness (QED) is 0.368. The molecule has 0 atom stereocenters. The fourth-order valence-electron chi connectivity index (χ4n) is 3.67. The van der Waals surface area contributed by atoms with Crippen molar-refractivity contribution in [2.24, 2.45) is 0 Å². The number of rotatable bonds is 11. The molecule has 1 aliphatic rings. The summed E-state index contributed by atoms with van der Waals surface area (Å²) in [5.41, 5.74) is -0.500. The smallest absolute Gasteiger partial charge is 0.416 e. The third-order valence-corrected chi connectivity index (χ3v) is 8.52. The third-order valence-electron chi connectivity index (χ3n) is 5.78. The number of benzene rings is 2. The standard InChI is InChI=1S/C24H31F3N2O3S2/c1-28(34(30,31)23-12-6-20(7-13-23)24(25,26)27)21-8-10-22(11-9-21)32-17-5-3-2-4-14-29-15-18-33-19-16-29/h6-13H,2-5,14-19H2,1H3. The van der Waals surface area contributed by atoms with E-state index in [0.717, 1.165) is 41.4 Å². The Morgan fingerprint density at radius 2 is 1.56 bits per heavy atom. The summed E-state index contributed by atoms with van der Waals surface area (Å²) in [6.07, 6.45) is -0.0668. The molecule has 1 fully saturated rings. The van der Waals surface area contributed by atoms with Gasteiger partial charge in [-0.1, -0.05) is 12.8 Å². The van der Waals surface area contributed by atoms with Crippen molar-refractivity contribution < 1.29 is 26.3 Å². The van der Waals surface area contributed by atoms with Crippen molar-refractivity contribution in [2.75, 3.05) is 49.1 Å². The number of alkyl halides is 3. The third kappa shape index (κ3) is 7.55. The van der Waals surface area contributed by atoms with Gasteiger partial charge in [0, 0.05) is 31.6 Å². The van der Waals surface area contributed by atoms with Gasteiger partial charge in [-0.3, -0.25) is 4.31 Å². The van der Waals surface area contributed by atoms with E-state index in [1.54, 1.807) is 24.3 Å². The molecule has 0 spiro atoms. The minimum absolute atomic E-state index is 0.206. The number of halogens is 3. The average molecular weight is 517 g/mol. The molecule has 1 saturated heterocycles. The van der Waals surface area contributed by atoms with Gasteiger partial charge >= 0.3 is 6.18 Å². The van der Waals surface area contributed by atoms with Gasteiger partial charge in [0.25, 0.3) is 10.0 Å². The van der Waals surface area contributed by atoms with Gasteiger partial charge < -0.3 is 9.64 Å². The molecule has 0 N–H and O–H groups in total. The van der Waals surface area contributed by atoms with Gasteiger partial charge in [0.2, 0.25) is 0 Å². The lowest BCUT2D eigenvalue weighted by Crippen LogP contribution is -2.33. The lowest BCUT2D eigenvalue weighted by Gasteiger charge is -2.25. The van der Waals surface area contributed by atoms with E-state index >= 15 is 0 Å². The molecule has 3 rings (SSSR count). The highest BCUT2D eigenvalue weighted by Crippen LogP contribution is 2.31. The Kier molecular flexibility index (Phi) is 9.56.